The van der Waals surface area contributed by atoms with Crippen LogP contribution in [0.25, 0.3) is 55.2 Å². The smallest absolute Gasteiger partial charge is 0.261 e. The van der Waals surface area contributed by atoms with Gasteiger partial charge < -0.3 is 4.98 Å². The number of hydrogen-bond acceptors (Lipinski definition) is 7. The molecule has 7 rings (SSSR count). The van der Waals surface area contributed by atoms with E-state index in [4.69, 9.17) is 4.98 Å². The molecular weight excluding hydrogens is 506 g/mol. The van der Waals surface area contributed by atoms with Crippen LogP contribution in [0.2, 0.25) is 0 Å². The number of halogens is 2. The van der Waals surface area contributed by atoms with Crippen molar-refractivity contribution < 1.29 is 8.78 Å². The molecule has 11 heteroatoms. The number of hydrogen-bond donors (Lipinski definition) is 2. The summed E-state index contributed by atoms with van der Waals surface area (Å²) in [6, 6.07) is 8.16. The van der Waals surface area contributed by atoms with Crippen molar-refractivity contribution in [2.45, 2.75) is 25.8 Å². The molecule has 190 valence electrons. The molecule has 0 spiro atoms. The maximum atomic E-state index is 13.6. The number of thiophene rings is 1. The summed E-state index contributed by atoms with van der Waals surface area (Å²) in [6.45, 7) is 2.67. The number of imidazole rings is 1. The van der Waals surface area contributed by atoms with Crippen LogP contribution in [0.5, 0.6) is 0 Å². The van der Waals surface area contributed by atoms with E-state index in [-0.39, 0.29) is 13.0 Å². The number of aryl methyl sites for hydroxylation is 1. The second-order valence-corrected chi connectivity index (χ2v) is 11.0. The predicted octanol–water partition coefficient (Wildman–Crippen LogP) is 5.84. The molecule has 0 aliphatic carbocycles. The third kappa shape index (κ3) is 4.13. The zero-order valence-electron chi connectivity index (χ0n) is 20.4. The van der Waals surface area contributed by atoms with E-state index in [0.717, 1.165) is 49.2 Å². The minimum absolute atomic E-state index is 0.101. The summed E-state index contributed by atoms with van der Waals surface area (Å²) < 4.78 is 27.3. The van der Waals surface area contributed by atoms with Crippen LogP contribution in [0.4, 0.5) is 8.78 Å². The van der Waals surface area contributed by atoms with Crippen LogP contribution in [-0.2, 0) is 6.54 Å². The topological polar surface area (TPSA) is 99.3 Å². The average Bonchev–Trinajstić information content (AvgIpc) is 3.69. The summed E-state index contributed by atoms with van der Waals surface area (Å²) in [5, 5.41) is 8.28. The zero-order valence-corrected chi connectivity index (χ0v) is 21.2. The maximum Gasteiger partial charge on any atom is 0.261 e. The van der Waals surface area contributed by atoms with Crippen molar-refractivity contribution >= 4 is 33.4 Å². The Morgan fingerprint density at radius 3 is 2.74 bits per heavy atom. The molecule has 0 radical (unpaired) electrons. The fraction of sp³-hybridized carbons (Fsp3) is 0.222. The number of aromatic amines is 2. The lowest BCUT2D eigenvalue weighted by molar-refractivity contribution is 0.0115. The Balaban J connectivity index is 1.24. The second kappa shape index (κ2) is 8.74. The van der Waals surface area contributed by atoms with Crippen molar-refractivity contribution in [3.05, 3.63) is 65.7 Å². The molecule has 2 N–H and O–H groups in total. The molecule has 0 saturated carbocycles. The Bertz CT molecular complexity index is 1800. The highest BCUT2D eigenvalue weighted by molar-refractivity contribution is 7.15. The molecule has 0 bridgehead atoms. The third-order valence-electron chi connectivity index (χ3n) is 6.83. The number of H-pyrrole nitrogens is 2. The predicted molar refractivity (Wildman–Crippen MR) is 143 cm³/mol. The molecule has 8 nitrogen and oxygen atoms in total. The van der Waals surface area contributed by atoms with Gasteiger partial charge in [0.05, 0.1) is 23.6 Å². The van der Waals surface area contributed by atoms with Gasteiger partial charge in [0.15, 0.2) is 11.5 Å². The molecule has 1 aliphatic heterocycles. The molecule has 6 aromatic rings. The first-order chi connectivity index (χ1) is 18.4. The molecule has 0 amide bonds. The Morgan fingerprint density at radius 2 is 1.92 bits per heavy atom. The van der Waals surface area contributed by atoms with E-state index < -0.39 is 5.92 Å². The highest BCUT2D eigenvalue weighted by atomic mass is 32.1. The molecular formula is C27H22F2N8S. The summed E-state index contributed by atoms with van der Waals surface area (Å²) in [7, 11) is 0. The lowest BCUT2D eigenvalue weighted by Crippen LogP contribution is -2.24. The molecule has 1 fully saturated rings. The number of pyridine rings is 3. The maximum absolute atomic E-state index is 13.6. The van der Waals surface area contributed by atoms with E-state index in [9.17, 15) is 8.78 Å². The molecule has 1 saturated heterocycles. The molecule has 1 aliphatic rings. The molecule has 7 heterocycles. The fourth-order valence-electron chi connectivity index (χ4n) is 4.98. The number of alkyl halides is 2. The summed E-state index contributed by atoms with van der Waals surface area (Å²) >= 11 is 1.71. The van der Waals surface area contributed by atoms with Gasteiger partial charge in [-0.25, -0.2) is 18.7 Å². The quantitative estimate of drug-likeness (QED) is 0.292. The van der Waals surface area contributed by atoms with E-state index in [0.29, 0.717) is 24.6 Å². The van der Waals surface area contributed by atoms with Gasteiger partial charge in [-0.2, -0.15) is 5.10 Å². The van der Waals surface area contributed by atoms with Crippen molar-refractivity contribution in [2.75, 3.05) is 13.1 Å². The van der Waals surface area contributed by atoms with Crippen LogP contribution in [0.1, 0.15) is 16.9 Å². The summed E-state index contributed by atoms with van der Waals surface area (Å²) in [5.74, 6) is -1.97. The largest absolute Gasteiger partial charge is 0.335 e. The van der Waals surface area contributed by atoms with Crippen LogP contribution in [0, 0.1) is 6.92 Å². The van der Waals surface area contributed by atoms with Gasteiger partial charge in [-0.3, -0.25) is 20.0 Å². The van der Waals surface area contributed by atoms with E-state index in [1.807, 2.05) is 18.3 Å². The summed E-state index contributed by atoms with van der Waals surface area (Å²) in [4.78, 5) is 25.7. The second-order valence-electron chi connectivity index (χ2n) is 9.67. The van der Waals surface area contributed by atoms with E-state index in [1.54, 1.807) is 41.0 Å². The van der Waals surface area contributed by atoms with E-state index in [1.165, 1.54) is 4.88 Å². The zero-order chi connectivity index (χ0) is 25.9. The van der Waals surface area contributed by atoms with Crippen molar-refractivity contribution in [3.8, 4) is 33.1 Å². The van der Waals surface area contributed by atoms with Gasteiger partial charge in [-0.15, -0.1) is 11.3 Å². The first kappa shape index (κ1) is 23.1. The normalized spacial score (nSPS) is 15.7. The molecule has 0 aromatic carbocycles. The van der Waals surface area contributed by atoms with Gasteiger partial charge in [-0.1, -0.05) is 0 Å². The molecule has 0 atom stereocenters. The molecule has 6 aromatic heterocycles. The van der Waals surface area contributed by atoms with Crippen molar-refractivity contribution in [1.29, 1.82) is 0 Å². The van der Waals surface area contributed by atoms with Gasteiger partial charge in [0.2, 0.25) is 0 Å². The molecule has 38 heavy (non-hydrogen) atoms. The minimum Gasteiger partial charge on any atom is -0.335 e. The number of likely N-dealkylation sites (tertiary alicyclic amines) is 1. The fourth-order valence-corrected chi connectivity index (χ4v) is 5.86. The monoisotopic (exact) mass is 528 g/mol. The number of nitrogens with one attached hydrogen (secondary N) is 2. The number of fused-ring (bicyclic) bond motifs is 2. The Morgan fingerprint density at radius 1 is 1.05 bits per heavy atom. The van der Waals surface area contributed by atoms with Gasteiger partial charge in [0.1, 0.15) is 11.2 Å². The van der Waals surface area contributed by atoms with E-state index in [2.05, 4.69) is 49.2 Å². The van der Waals surface area contributed by atoms with Crippen LogP contribution in [-0.4, -0.2) is 59.0 Å². The van der Waals surface area contributed by atoms with Crippen molar-refractivity contribution in [2.24, 2.45) is 0 Å². The Labute approximate surface area is 219 Å². The highest BCUT2D eigenvalue weighted by Crippen LogP contribution is 2.35. The Kier molecular flexibility index (Phi) is 5.31. The first-order valence-electron chi connectivity index (χ1n) is 12.2. The Hall–Kier alpha value is -4.09. The standard InChI is InChI=1S/C27H22F2N8S/c1-15-2-3-22(38-15)20-11-31-12-21-23(20)34-26(33-21)24-19-7-18(10-32-25(19)36-35-24)17-6-16(8-30-9-17)13-37-5-4-27(28,29)14-37/h2-3,6-12H,4-5,13-14H2,1H3,(H,33,34)(H,32,35,36). The highest BCUT2D eigenvalue weighted by Gasteiger charge is 2.37. The van der Waals surface area contributed by atoms with Gasteiger partial charge in [-0.05, 0) is 36.8 Å². The number of rotatable bonds is 5. The lowest BCUT2D eigenvalue weighted by Gasteiger charge is -2.15. The number of nitrogens with zero attached hydrogens (tertiary/aromatic N) is 6. The lowest BCUT2D eigenvalue weighted by atomic mass is 10.1. The van der Waals surface area contributed by atoms with Crippen LogP contribution in [0.3, 0.4) is 0 Å². The summed E-state index contributed by atoms with van der Waals surface area (Å²) in [6.07, 6.45) is 8.74. The minimum atomic E-state index is -2.62. The first-order valence-corrected chi connectivity index (χ1v) is 13.0. The van der Waals surface area contributed by atoms with Crippen LogP contribution < -0.4 is 0 Å². The van der Waals surface area contributed by atoms with Gasteiger partial charge in [0, 0.05) is 70.7 Å². The van der Waals surface area contributed by atoms with Gasteiger partial charge in [0.25, 0.3) is 5.92 Å². The van der Waals surface area contributed by atoms with Crippen molar-refractivity contribution in [1.82, 2.24) is 40.0 Å². The third-order valence-corrected chi connectivity index (χ3v) is 7.86. The summed E-state index contributed by atoms with van der Waals surface area (Å²) in [5.41, 5.74) is 6.54. The van der Waals surface area contributed by atoms with E-state index >= 15 is 0 Å². The van der Waals surface area contributed by atoms with Crippen LogP contribution in [0.15, 0.2) is 55.2 Å². The van der Waals surface area contributed by atoms with Gasteiger partial charge >= 0.3 is 0 Å². The SMILES string of the molecule is Cc1ccc(-c2cncc3[nH]c(-c4[nH]nc5ncc(-c6cncc(CN7CCC(F)(F)C7)c6)cc45)nc23)s1. The van der Waals surface area contributed by atoms with Crippen LogP contribution >= 0.6 is 11.3 Å². The molecule has 0 unspecified atom stereocenters. The number of aromatic nitrogens is 7. The van der Waals surface area contributed by atoms with Crippen molar-refractivity contribution in [3.63, 3.8) is 0 Å². The average molecular weight is 529 g/mol.